The number of hydrogen-bond acceptors (Lipinski definition) is 4. The molecule has 2 aromatic rings. The predicted octanol–water partition coefficient (Wildman–Crippen LogP) is 4.02. The number of hydrogen-bond donors (Lipinski definition) is 1. The molecule has 0 spiro atoms. The van der Waals surface area contributed by atoms with E-state index in [4.69, 9.17) is 9.47 Å². The smallest absolute Gasteiger partial charge is 0.225 e. The second kappa shape index (κ2) is 7.74. The summed E-state index contributed by atoms with van der Waals surface area (Å²) >= 11 is 0. The first-order chi connectivity index (χ1) is 14.0. The van der Waals surface area contributed by atoms with Crippen molar-refractivity contribution in [2.24, 2.45) is 0 Å². The third-order valence-corrected chi connectivity index (χ3v) is 5.98. The molecule has 4 rings (SSSR count). The normalized spacial score (nSPS) is 21.5. The van der Waals surface area contributed by atoms with Crippen LogP contribution in [0.1, 0.15) is 47.8 Å². The SMILES string of the molecule is COc1ccc(OC)c([C@@H]2CC(=O)C3=C(C2)NC(=O)C[C@H]3c2ccccc2C)c1. The Morgan fingerprint density at radius 1 is 0.931 bits per heavy atom. The van der Waals surface area contributed by atoms with Gasteiger partial charge in [0.1, 0.15) is 11.5 Å². The van der Waals surface area contributed by atoms with E-state index in [1.165, 1.54) is 0 Å². The molecule has 2 aromatic carbocycles. The van der Waals surface area contributed by atoms with Crippen LogP contribution in [0.3, 0.4) is 0 Å². The lowest BCUT2D eigenvalue weighted by Gasteiger charge is -2.35. The summed E-state index contributed by atoms with van der Waals surface area (Å²) in [5, 5.41) is 2.98. The Labute approximate surface area is 170 Å². The van der Waals surface area contributed by atoms with Crippen molar-refractivity contribution in [3.05, 3.63) is 70.4 Å². The summed E-state index contributed by atoms with van der Waals surface area (Å²) in [6.07, 6.45) is 1.29. The third kappa shape index (κ3) is 3.53. The Balaban J connectivity index is 1.75. The number of carbonyl (C=O) groups excluding carboxylic acids is 2. The van der Waals surface area contributed by atoms with E-state index in [0.717, 1.165) is 39.5 Å². The zero-order valence-electron chi connectivity index (χ0n) is 17.0. The lowest BCUT2D eigenvalue weighted by Crippen LogP contribution is -2.38. The molecule has 150 valence electrons. The Morgan fingerprint density at radius 3 is 2.45 bits per heavy atom. The monoisotopic (exact) mass is 391 g/mol. The number of Topliss-reactive ketones (excluding diaryl/α,β-unsaturated/α-hetero) is 1. The third-order valence-electron chi connectivity index (χ3n) is 5.98. The van der Waals surface area contributed by atoms with Gasteiger partial charge in [0.25, 0.3) is 0 Å². The minimum atomic E-state index is -0.180. The van der Waals surface area contributed by atoms with E-state index >= 15 is 0 Å². The number of ether oxygens (including phenoxy) is 2. The number of ketones is 1. The molecular weight excluding hydrogens is 366 g/mol. The first-order valence-corrected chi connectivity index (χ1v) is 9.85. The molecule has 1 heterocycles. The highest BCUT2D eigenvalue weighted by atomic mass is 16.5. The second-order valence-electron chi connectivity index (χ2n) is 7.69. The van der Waals surface area contributed by atoms with Gasteiger partial charge in [0, 0.05) is 41.5 Å². The molecule has 0 saturated carbocycles. The van der Waals surface area contributed by atoms with Gasteiger partial charge in [-0.2, -0.15) is 0 Å². The molecule has 2 atom stereocenters. The summed E-state index contributed by atoms with van der Waals surface area (Å²) in [6.45, 7) is 2.03. The molecule has 5 heteroatoms. The number of rotatable bonds is 4. The Kier molecular flexibility index (Phi) is 5.14. The molecule has 1 amide bonds. The first kappa shape index (κ1) is 19.2. The quantitative estimate of drug-likeness (QED) is 0.855. The molecule has 5 nitrogen and oxygen atoms in total. The molecule has 0 saturated heterocycles. The standard InChI is InChI=1S/C24H25NO4/c1-14-6-4-5-7-17(14)19-13-23(27)25-20-10-15(11-21(26)24(19)20)18-12-16(28-2)8-9-22(18)29-3/h4-9,12,15,19H,10-11,13H2,1-3H3,(H,25,27)/t15-,19-/m0/s1. The van der Waals surface area contributed by atoms with Crippen LogP contribution in [0.4, 0.5) is 0 Å². The molecule has 0 bridgehead atoms. The fourth-order valence-electron chi connectivity index (χ4n) is 4.58. The lowest BCUT2D eigenvalue weighted by molar-refractivity contribution is -0.122. The van der Waals surface area contributed by atoms with E-state index in [1.54, 1.807) is 14.2 Å². The zero-order valence-corrected chi connectivity index (χ0v) is 17.0. The summed E-state index contributed by atoms with van der Waals surface area (Å²) in [6, 6.07) is 13.6. The molecule has 29 heavy (non-hydrogen) atoms. The number of benzene rings is 2. The maximum atomic E-state index is 13.3. The molecule has 0 radical (unpaired) electrons. The van der Waals surface area contributed by atoms with Gasteiger partial charge in [-0.1, -0.05) is 24.3 Å². The number of amides is 1. The van der Waals surface area contributed by atoms with Crippen LogP contribution in [0.2, 0.25) is 0 Å². The van der Waals surface area contributed by atoms with Gasteiger partial charge < -0.3 is 14.8 Å². The van der Waals surface area contributed by atoms with Crippen LogP contribution in [0, 0.1) is 6.92 Å². The van der Waals surface area contributed by atoms with Gasteiger partial charge in [-0.25, -0.2) is 0 Å². The van der Waals surface area contributed by atoms with Crippen LogP contribution < -0.4 is 14.8 Å². The molecule has 0 fully saturated rings. The number of aryl methyl sites for hydroxylation is 1. The predicted molar refractivity (Wildman–Crippen MR) is 110 cm³/mol. The highest BCUT2D eigenvalue weighted by Gasteiger charge is 2.39. The number of allylic oxidation sites excluding steroid dienone is 2. The van der Waals surface area contributed by atoms with Crippen LogP contribution in [-0.4, -0.2) is 25.9 Å². The highest BCUT2D eigenvalue weighted by Crippen LogP contribution is 2.45. The Bertz CT molecular complexity index is 1010. The van der Waals surface area contributed by atoms with E-state index in [0.29, 0.717) is 19.3 Å². The van der Waals surface area contributed by atoms with E-state index in [-0.39, 0.29) is 23.5 Å². The summed E-state index contributed by atoms with van der Waals surface area (Å²) in [4.78, 5) is 25.8. The highest BCUT2D eigenvalue weighted by molar-refractivity contribution is 6.02. The van der Waals surface area contributed by atoms with Gasteiger partial charge in [0.05, 0.1) is 14.2 Å². The van der Waals surface area contributed by atoms with Crippen molar-refractivity contribution in [1.82, 2.24) is 5.32 Å². The topological polar surface area (TPSA) is 64.6 Å². The lowest BCUT2D eigenvalue weighted by atomic mass is 9.72. The zero-order chi connectivity index (χ0) is 20.5. The van der Waals surface area contributed by atoms with Gasteiger partial charge in [-0.3, -0.25) is 9.59 Å². The maximum absolute atomic E-state index is 13.3. The number of methoxy groups -OCH3 is 2. The largest absolute Gasteiger partial charge is 0.497 e. The second-order valence-corrected chi connectivity index (χ2v) is 7.69. The minimum Gasteiger partial charge on any atom is -0.497 e. The van der Waals surface area contributed by atoms with Crippen LogP contribution in [-0.2, 0) is 9.59 Å². The van der Waals surface area contributed by atoms with Crippen LogP contribution in [0.15, 0.2) is 53.7 Å². The summed E-state index contributed by atoms with van der Waals surface area (Å²) < 4.78 is 10.9. The van der Waals surface area contributed by atoms with Crippen molar-refractivity contribution in [3.8, 4) is 11.5 Å². The van der Waals surface area contributed by atoms with E-state index in [1.807, 2.05) is 49.4 Å². The van der Waals surface area contributed by atoms with E-state index < -0.39 is 0 Å². The average molecular weight is 391 g/mol. The molecule has 1 aliphatic heterocycles. The first-order valence-electron chi connectivity index (χ1n) is 9.85. The van der Waals surface area contributed by atoms with Gasteiger partial charge in [-0.05, 0) is 42.7 Å². The van der Waals surface area contributed by atoms with Gasteiger partial charge in [-0.15, -0.1) is 0 Å². The van der Waals surface area contributed by atoms with Crippen molar-refractivity contribution in [1.29, 1.82) is 0 Å². The summed E-state index contributed by atoms with van der Waals surface area (Å²) in [5.74, 6) is 1.25. The fourth-order valence-corrected chi connectivity index (χ4v) is 4.58. The van der Waals surface area contributed by atoms with Crippen LogP contribution in [0.5, 0.6) is 11.5 Å². The summed E-state index contributed by atoms with van der Waals surface area (Å²) in [5.41, 5.74) is 4.60. The van der Waals surface area contributed by atoms with E-state index in [2.05, 4.69) is 5.32 Å². The average Bonchev–Trinajstić information content (AvgIpc) is 2.72. The van der Waals surface area contributed by atoms with Crippen molar-refractivity contribution < 1.29 is 19.1 Å². The molecule has 0 unspecified atom stereocenters. The van der Waals surface area contributed by atoms with Gasteiger partial charge in [0.2, 0.25) is 5.91 Å². The Hall–Kier alpha value is -3.08. The minimum absolute atomic E-state index is 0.0388. The molecule has 1 aliphatic carbocycles. The van der Waals surface area contributed by atoms with Gasteiger partial charge in [0.15, 0.2) is 5.78 Å². The van der Waals surface area contributed by atoms with Gasteiger partial charge >= 0.3 is 0 Å². The van der Waals surface area contributed by atoms with Crippen molar-refractivity contribution >= 4 is 11.7 Å². The van der Waals surface area contributed by atoms with Crippen molar-refractivity contribution in [2.75, 3.05) is 14.2 Å². The van der Waals surface area contributed by atoms with E-state index in [9.17, 15) is 9.59 Å². The molecule has 0 aromatic heterocycles. The van der Waals surface area contributed by atoms with Crippen LogP contribution >= 0.6 is 0 Å². The van der Waals surface area contributed by atoms with Crippen molar-refractivity contribution in [2.45, 2.75) is 38.0 Å². The van der Waals surface area contributed by atoms with Crippen molar-refractivity contribution in [3.63, 3.8) is 0 Å². The molecule has 1 N–H and O–H groups in total. The van der Waals surface area contributed by atoms with Crippen LogP contribution in [0.25, 0.3) is 0 Å². The number of carbonyl (C=O) groups is 2. The Morgan fingerprint density at radius 2 is 1.72 bits per heavy atom. The maximum Gasteiger partial charge on any atom is 0.225 e. The fraction of sp³-hybridized carbons (Fsp3) is 0.333. The molecular formula is C24H25NO4. The summed E-state index contributed by atoms with van der Waals surface area (Å²) in [7, 11) is 3.24. The number of nitrogens with one attached hydrogen (secondary N) is 1. The molecule has 2 aliphatic rings.